The first-order valence-electron chi connectivity index (χ1n) is 4.10. The molecule has 0 unspecified atom stereocenters. The molecule has 2 heteroatoms. The van der Waals surface area contributed by atoms with E-state index >= 15 is 0 Å². The molecule has 1 aromatic rings. The normalized spacial score (nSPS) is 19.4. The van der Waals surface area contributed by atoms with Gasteiger partial charge in [-0.15, -0.1) is 11.3 Å². The van der Waals surface area contributed by atoms with E-state index in [1.807, 2.05) is 11.3 Å². The molecule has 0 spiro atoms. The third kappa shape index (κ3) is 1.67. The minimum Gasteiger partial charge on any atom is -0.147 e. The smallest absolute Gasteiger partial charge is 0.0285 e. The van der Waals surface area contributed by atoms with E-state index in [-0.39, 0.29) is 0 Å². The van der Waals surface area contributed by atoms with Crippen LogP contribution in [0.2, 0.25) is 0 Å². The van der Waals surface area contributed by atoms with E-state index in [9.17, 15) is 0 Å². The molecule has 1 aliphatic carbocycles. The van der Waals surface area contributed by atoms with Crippen molar-refractivity contribution in [1.29, 1.82) is 0 Å². The maximum atomic E-state index is 3.49. The molecule has 1 fully saturated rings. The number of hydrogen-bond donors (Lipinski definition) is 0. The standard InChI is InChI=1S/C9H11BrS/c10-8-5-9(11-6-8)7-3-1-2-4-7/h5-7H,1-4H2. The maximum absolute atomic E-state index is 3.49. The summed E-state index contributed by atoms with van der Waals surface area (Å²) in [6.07, 6.45) is 5.68. The van der Waals surface area contributed by atoms with Gasteiger partial charge in [0.15, 0.2) is 0 Å². The minimum atomic E-state index is 0.881. The Balaban J connectivity index is 2.15. The van der Waals surface area contributed by atoms with Gasteiger partial charge in [0.1, 0.15) is 0 Å². The topological polar surface area (TPSA) is 0 Å². The molecule has 1 heterocycles. The van der Waals surface area contributed by atoms with Gasteiger partial charge >= 0.3 is 0 Å². The van der Waals surface area contributed by atoms with Crippen LogP contribution in [-0.4, -0.2) is 0 Å². The average Bonchev–Trinajstić information content (AvgIpc) is 2.55. The van der Waals surface area contributed by atoms with E-state index in [0.29, 0.717) is 0 Å². The van der Waals surface area contributed by atoms with Crippen molar-refractivity contribution in [1.82, 2.24) is 0 Å². The lowest BCUT2D eigenvalue weighted by Gasteiger charge is -2.03. The van der Waals surface area contributed by atoms with Crippen molar-refractivity contribution in [3.63, 3.8) is 0 Å². The molecule has 2 rings (SSSR count). The number of rotatable bonds is 1. The van der Waals surface area contributed by atoms with Crippen molar-refractivity contribution in [3.8, 4) is 0 Å². The van der Waals surface area contributed by atoms with Crippen LogP contribution in [0.15, 0.2) is 15.9 Å². The fraction of sp³-hybridized carbons (Fsp3) is 0.556. The number of hydrogen-bond acceptors (Lipinski definition) is 1. The van der Waals surface area contributed by atoms with Crippen molar-refractivity contribution in [3.05, 3.63) is 20.8 Å². The lowest BCUT2D eigenvalue weighted by atomic mass is 10.1. The van der Waals surface area contributed by atoms with E-state index in [1.54, 1.807) is 4.88 Å². The van der Waals surface area contributed by atoms with Crippen LogP contribution in [0.5, 0.6) is 0 Å². The molecule has 1 aliphatic rings. The second-order valence-corrected chi connectivity index (χ2v) is 5.01. The molecular weight excluding hydrogens is 220 g/mol. The summed E-state index contributed by atoms with van der Waals surface area (Å²) in [7, 11) is 0. The molecule has 0 N–H and O–H groups in total. The quantitative estimate of drug-likeness (QED) is 0.680. The highest BCUT2D eigenvalue weighted by atomic mass is 79.9. The fourth-order valence-corrected chi connectivity index (χ4v) is 3.37. The van der Waals surface area contributed by atoms with Crippen molar-refractivity contribution in [2.24, 2.45) is 0 Å². The van der Waals surface area contributed by atoms with Gasteiger partial charge in [0, 0.05) is 14.7 Å². The van der Waals surface area contributed by atoms with E-state index < -0.39 is 0 Å². The molecule has 0 aromatic carbocycles. The molecule has 1 saturated carbocycles. The lowest BCUT2D eigenvalue weighted by molar-refractivity contribution is 0.738. The van der Waals surface area contributed by atoms with E-state index in [2.05, 4.69) is 27.4 Å². The Morgan fingerprint density at radius 2 is 2.09 bits per heavy atom. The third-order valence-electron chi connectivity index (χ3n) is 2.35. The summed E-state index contributed by atoms with van der Waals surface area (Å²) >= 11 is 5.39. The second-order valence-electron chi connectivity index (χ2n) is 3.15. The van der Waals surface area contributed by atoms with Gasteiger partial charge < -0.3 is 0 Å². The predicted octanol–water partition coefficient (Wildman–Crippen LogP) is 4.17. The van der Waals surface area contributed by atoms with E-state index in [4.69, 9.17) is 0 Å². The molecule has 11 heavy (non-hydrogen) atoms. The van der Waals surface area contributed by atoms with Crippen LogP contribution in [0.3, 0.4) is 0 Å². The molecule has 0 bridgehead atoms. The Morgan fingerprint density at radius 3 is 2.64 bits per heavy atom. The summed E-state index contributed by atoms with van der Waals surface area (Å²) in [5.74, 6) is 0.881. The molecule has 0 aliphatic heterocycles. The van der Waals surface area contributed by atoms with Gasteiger partial charge in [0.2, 0.25) is 0 Å². The molecule has 0 saturated heterocycles. The second kappa shape index (κ2) is 3.28. The van der Waals surface area contributed by atoms with Crippen LogP contribution in [0.4, 0.5) is 0 Å². The molecule has 0 radical (unpaired) electrons. The number of halogens is 1. The highest BCUT2D eigenvalue weighted by Gasteiger charge is 2.17. The summed E-state index contributed by atoms with van der Waals surface area (Å²) in [5.41, 5.74) is 0. The first-order chi connectivity index (χ1) is 5.36. The van der Waals surface area contributed by atoms with Crippen LogP contribution in [0, 0.1) is 0 Å². The number of thiophene rings is 1. The average molecular weight is 231 g/mol. The summed E-state index contributed by atoms with van der Waals surface area (Å²) in [6, 6.07) is 2.28. The Labute approximate surface area is 79.8 Å². The summed E-state index contributed by atoms with van der Waals surface area (Å²) in [6.45, 7) is 0. The van der Waals surface area contributed by atoms with Gasteiger partial charge in [0.25, 0.3) is 0 Å². The zero-order chi connectivity index (χ0) is 7.68. The van der Waals surface area contributed by atoms with E-state index in [1.165, 1.54) is 30.2 Å². The molecule has 0 nitrogen and oxygen atoms in total. The summed E-state index contributed by atoms with van der Waals surface area (Å²) in [5, 5.41) is 2.19. The van der Waals surface area contributed by atoms with Crippen LogP contribution < -0.4 is 0 Å². The molecule has 1 aromatic heterocycles. The Kier molecular flexibility index (Phi) is 2.33. The van der Waals surface area contributed by atoms with Crippen LogP contribution in [-0.2, 0) is 0 Å². The highest BCUT2D eigenvalue weighted by Crippen LogP contribution is 2.38. The van der Waals surface area contributed by atoms with Crippen LogP contribution in [0.1, 0.15) is 36.5 Å². The first-order valence-corrected chi connectivity index (χ1v) is 5.77. The fourth-order valence-electron chi connectivity index (χ4n) is 1.75. The monoisotopic (exact) mass is 230 g/mol. The van der Waals surface area contributed by atoms with Gasteiger partial charge in [-0.1, -0.05) is 12.8 Å². The van der Waals surface area contributed by atoms with Gasteiger partial charge in [0.05, 0.1) is 0 Å². The maximum Gasteiger partial charge on any atom is 0.0285 e. The predicted molar refractivity (Wildman–Crippen MR) is 53.2 cm³/mol. The van der Waals surface area contributed by atoms with Gasteiger partial charge in [-0.25, -0.2) is 0 Å². The first kappa shape index (κ1) is 7.81. The van der Waals surface area contributed by atoms with Gasteiger partial charge in [-0.3, -0.25) is 0 Å². The zero-order valence-corrected chi connectivity index (χ0v) is 8.75. The molecule has 0 amide bonds. The summed E-state index contributed by atoms with van der Waals surface area (Å²) < 4.78 is 1.25. The molecule has 60 valence electrons. The minimum absolute atomic E-state index is 0.881. The van der Waals surface area contributed by atoms with Crippen LogP contribution >= 0.6 is 27.3 Å². The SMILES string of the molecule is Brc1csc(C2CCCC2)c1. The Hall–Kier alpha value is 0.180. The van der Waals surface area contributed by atoms with Crippen molar-refractivity contribution < 1.29 is 0 Å². The van der Waals surface area contributed by atoms with Crippen molar-refractivity contribution in [2.45, 2.75) is 31.6 Å². The third-order valence-corrected chi connectivity index (χ3v) is 4.20. The van der Waals surface area contributed by atoms with E-state index in [0.717, 1.165) is 5.92 Å². The highest BCUT2D eigenvalue weighted by molar-refractivity contribution is 9.10. The Bertz CT molecular complexity index is 235. The molecular formula is C9H11BrS. The lowest BCUT2D eigenvalue weighted by Crippen LogP contribution is -1.85. The zero-order valence-electron chi connectivity index (χ0n) is 6.35. The summed E-state index contributed by atoms with van der Waals surface area (Å²) in [4.78, 5) is 1.58. The van der Waals surface area contributed by atoms with Crippen molar-refractivity contribution in [2.75, 3.05) is 0 Å². The molecule has 0 atom stereocenters. The Morgan fingerprint density at radius 1 is 1.36 bits per heavy atom. The van der Waals surface area contributed by atoms with Crippen molar-refractivity contribution >= 4 is 27.3 Å². The largest absolute Gasteiger partial charge is 0.147 e. The van der Waals surface area contributed by atoms with Gasteiger partial charge in [-0.05, 0) is 40.8 Å². The van der Waals surface area contributed by atoms with Crippen LogP contribution in [0.25, 0.3) is 0 Å². The van der Waals surface area contributed by atoms with Gasteiger partial charge in [-0.2, -0.15) is 0 Å².